The molecule has 0 bridgehead atoms. The number of nitrogens with zero attached hydrogens (tertiary/aromatic N) is 4. The number of hydrogen-bond donors (Lipinski definition) is 0. The molecule has 0 saturated carbocycles. The van der Waals surface area contributed by atoms with Crippen molar-refractivity contribution in [3.8, 4) is 5.88 Å². The van der Waals surface area contributed by atoms with Crippen LogP contribution in [0.2, 0.25) is 0 Å². The largest absolute Gasteiger partial charge is 0.479 e. The molecular weight excluding hydrogens is 296 g/mol. The van der Waals surface area contributed by atoms with Crippen LogP contribution in [0.3, 0.4) is 0 Å². The van der Waals surface area contributed by atoms with Gasteiger partial charge in [-0.2, -0.15) is 0 Å². The Kier molecular flexibility index (Phi) is 4.36. The summed E-state index contributed by atoms with van der Waals surface area (Å²) in [6, 6.07) is 1.72. The van der Waals surface area contributed by atoms with Crippen LogP contribution >= 0.6 is 0 Å². The fourth-order valence-corrected chi connectivity index (χ4v) is 3.11. The molecule has 7 heteroatoms. The quantitative estimate of drug-likeness (QED) is 0.838. The minimum Gasteiger partial charge on any atom is -0.479 e. The van der Waals surface area contributed by atoms with E-state index in [0.717, 1.165) is 31.0 Å². The zero-order valence-electron chi connectivity index (χ0n) is 13.8. The smallest absolute Gasteiger partial charge is 0.254 e. The molecule has 1 aliphatic heterocycles. The second kappa shape index (κ2) is 6.44. The van der Waals surface area contributed by atoms with Gasteiger partial charge in [0.25, 0.3) is 5.88 Å². The molecule has 1 aliphatic rings. The van der Waals surface area contributed by atoms with Crippen molar-refractivity contribution in [2.75, 3.05) is 20.2 Å². The molecule has 3 rings (SSSR count). The molecule has 0 spiro atoms. The summed E-state index contributed by atoms with van der Waals surface area (Å²) in [6.45, 7) is 3.52. The Morgan fingerprint density at radius 2 is 2.35 bits per heavy atom. The maximum Gasteiger partial charge on any atom is 0.254 e. The van der Waals surface area contributed by atoms with E-state index in [9.17, 15) is 4.79 Å². The molecule has 23 heavy (non-hydrogen) atoms. The first-order chi connectivity index (χ1) is 11.1. The standard InChI is InChI=1S/C16H22N4O3/c1-11-9-19(2)16(17-11)12-6-7-20(10-12)15(21)5-4-13-8-14(22-3)18-23-13/h8-9,12H,4-7,10H2,1-3H3. The van der Waals surface area contributed by atoms with Gasteiger partial charge in [-0.3, -0.25) is 4.79 Å². The summed E-state index contributed by atoms with van der Waals surface area (Å²) in [6.07, 6.45) is 3.95. The molecule has 0 aliphatic carbocycles. The van der Waals surface area contributed by atoms with Gasteiger partial charge in [-0.25, -0.2) is 4.98 Å². The maximum absolute atomic E-state index is 12.4. The van der Waals surface area contributed by atoms with Crippen molar-refractivity contribution in [1.82, 2.24) is 19.6 Å². The number of ether oxygens (including phenoxy) is 1. The number of likely N-dealkylation sites (tertiary alicyclic amines) is 1. The van der Waals surface area contributed by atoms with Crippen molar-refractivity contribution in [3.05, 3.63) is 29.5 Å². The van der Waals surface area contributed by atoms with Gasteiger partial charge in [0.05, 0.1) is 12.8 Å². The summed E-state index contributed by atoms with van der Waals surface area (Å²) < 4.78 is 12.2. The average molecular weight is 318 g/mol. The second-order valence-corrected chi connectivity index (χ2v) is 6.01. The van der Waals surface area contributed by atoms with E-state index in [2.05, 4.69) is 14.7 Å². The maximum atomic E-state index is 12.4. The third-order valence-corrected chi connectivity index (χ3v) is 4.27. The lowest BCUT2D eigenvalue weighted by molar-refractivity contribution is -0.130. The van der Waals surface area contributed by atoms with Gasteiger partial charge >= 0.3 is 0 Å². The summed E-state index contributed by atoms with van der Waals surface area (Å²) >= 11 is 0. The lowest BCUT2D eigenvalue weighted by Crippen LogP contribution is -2.28. The van der Waals surface area contributed by atoms with Gasteiger partial charge in [0.1, 0.15) is 11.6 Å². The van der Waals surface area contributed by atoms with Crippen LogP contribution in [-0.2, 0) is 18.3 Å². The number of hydrogen-bond acceptors (Lipinski definition) is 5. The molecule has 0 radical (unpaired) electrons. The number of carbonyl (C=O) groups is 1. The molecule has 1 amide bonds. The van der Waals surface area contributed by atoms with E-state index in [-0.39, 0.29) is 5.91 Å². The number of rotatable bonds is 5. The SMILES string of the molecule is COc1cc(CCC(=O)N2CCC(c3nc(C)cn3C)C2)on1. The molecule has 2 aromatic heterocycles. The summed E-state index contributed by atoms with van der Waals surface area (Å²) in [5.74, 6) is 2.65. The van der Waals surface area contributed by atoms with E-state index in [4.69, 9.17) is 9.26 Å². The third kappa shape index (κ3) is 3.38. The van der Waals surface area contributed by atoms with Crippen molar-refractivity contribution in [2.24, 2.45) is 7.05 Å². The van der Waals surface area contributed by atoms with E-state index in [0.29, 0.717) is 30.4 Å². The van der Waals surface area contributed by atoms with Crippen molar-refractivity contribution < 1.29 is 14.1 Å². The van der Waals surface area contributed by atoms with Gasteiger partial charge in [0, 0.05) is 51.2 Å². The highest BCUT2D eigenvalue weighted by Gasteiger charge is 2.29. The van der Waals surface area contributed by atoms with Crippen LogP contribution in [0.25, 0.3) is 0 Å². The Balaban J connectivity index is 1.54. The van der Waals surface area contributed by atoms with E-state index in [1.54, 1.807) is 6.07 Å². The Hall–Kier alpha value is -2.31. The minimum atomic E-state index is 0.147. The van der Waals surface area contributed by atoms with Crippen molar-refractivity contribution in [2.45, 2.75) is 32.1 Å². The molecule has 1 unspecified atom stereocenters. The number of carbonyl (C=O) groups excluding carboxylic acids is 1. The second-order valence-electron chi connectivity index (χ2n) is 6.01. The number of methoxy groups -OCH3 is 1. The van der Waals surface area contributed by atoms with E-state index in [1.807, 2.05) is 25.1 Å². The van der Waals surface area contributed by atoms with E-state index in [1.165, 1.54) is 7.11 Å². The molecule has 2 aromatic rings. The fourth-order valence-electron chi connectivity index (χ4n) is 3.11. The topological polar surface area (TPSA) is 73.4 Å². The predicted molar refractivity (Wildman–Crippen MR) is 83.3 cm³/mol. The molecule has 124 valence electrons. The summed E-state index contributed by atoms with van der Waals surface area (Å²) in [5.41, 5.74) is 1.02. The van der Waals surface area contributed by atoms with Gasteiger partial charge in [-0.15, -0.1) is 0 Å². The van der Waals surface area contributed by atoms with Crippen molar-refractivity contribution in [3.63, 3.8) is 0 Å². The zero-order valence-corrected chi connectivity index (χ0v) is 13.8. The number of aromatic nitrogens is 3. The zero-order chi connectivity index (χ0) is 16.4. The molecule has 0 N–H and O–H groups in total. The van der Waals surface area contributed by atoms with Gasteiger partial charge in [-0.05, 0) is 18.5 Å². The van der Waals surface area contributed by atoms with Crippen LogP contribution in [0.5, 0.6) is 5.88 Å². The first kappa shape index (κ1) is 15.6. The van der Waals surface area contributed by atoms with Crippen LogP contribution in [0.4, 0.5) is 0 Å². The van der Waals surface area contributed by atoms with Crippen LogP contribution in [0.15, 0.2) is 16.8 Å². The highest BCUT2D eigenvalue weighted by molar-refractivity contribution is 5.76. The molecule has 1 atom stereocenters. The number of aryl methyl sites for hydroxylation is 3. The summed E-state index contributed by atoms with van der Waals surface area (Å²) in [4.78, 5) is 18.9. The first-order valence-corrected chi connectivity index (χ1v) is 7.84. The Morgan fingerprint density at radius 3 is 3.00 bits per heavy atom. The molecule has 1 fully saturated rings. The van der Waals surface area contributed by atoms with Gasteiger partial charge in [0.15, 0.2) is 0 Å². The molecule has 7 nitrogen and oxygen atoms in total. The van der Waals surface area contributed by atoms with Gasteiger partial charge in [0.2, 0.25) is 5.91 Å². The first-order valence-electron chi connectivity index (χ1n) is 7.84. The Labute approximate surface area is 135 Å². The van der Waals surface area contributed by atoms with E-state index >= 15 is 0 Å². The number of amides is 1. The van der Waals surface area contributed by atoms with Crippen molar-refractivity contribution >= 4 is 5.91 Å². The van der Waals surface area contributed by atoms with Crippen LogP contribution in [-0.4, -0.2) is 45.7 Å². The monoisotopic (exact) mass is 318 g/mol. The Morgan fingerprint density at radius 1 is 1.52 bits per heavy atom. The summed E-state index contributed by atoms with van der Waals surface area (Å²) in [7, 11) is 3.55. The average Bonchev–Trinajstić information content (AvgIpc) is 3.24. The van der Waals surface area contributed by atoms with E-state index < -0.39 is 0 Å². The molecule has 0 aromatic carbocycles. The van der Waals surface area contributed by atoms with Crippen LogP contribution in [0, 0.1) is 6.92 Å². The van der Waals surface area contributed by atoms with Gasteiger partial charge in [-0.1, -0.05) is 0 Å². The minimum absolute atomic E-state index is 0.147. The fraction of sp³-hybridized carbons (Fsp3) is 0.562. The highest BCUT2D eigenvalue weighted by Crippen LogP contribution is 2.27. The molecule has 1 saturated heterocycles. The lowest BCUT2D eigenvalue weighted by Gasteiger charge is -2.16. The van der Waals surface area contributed by atoms with Gasteiger partial charge < -0.3 is 18.7 Å². The Bertz CT molecular complexity index is 691. The van der Waals surface area contributed by atoms with Crippen LogP contribution in [0.1, 0.15) is 36.0 Å². The summed E-state index contributed by atoms with van der Waals surface area (Å²) in [5, 5.41) is 3.74. The third-order valence-electron chi connectivity index (χ3n) is 4.27. The lowest BCUT2D eigenvalue weighted by atomic mass is 10.1. The molecular formula is C16H22N4O3. The normalized spacial score (nSPS) is 17.7. The van der Waals surface area contributed by atoms with Crippen LogP contribution < -0.4 is 4.74 Å². The van der Waals surface area contributed by atoms with Crippen molar-refractivity contribution in [1.29, 1.82) is 0 Å². The number of imidazole rings is 1. The molecule has 3 heterocycles. The highest BCUT2D eigenvalue weighted by atomic mass is 16.5. The predicted octanol–water partition coefficient (Wildman–Crippen LogP) is 1.67.